The van der Waals surface area contributed by atoms with Gasteiger partial charge in [0.25, 0.3) is 0 Å². The average Bonchev–Trinajstić information content (AvgIpc) is 2.56. The molecule has 1 unspecified atom stereocenters. The van der Waals surface area contributed by atoms with Gasteiger partial charge in [0.2, 0.25) is 5.91 Å². The highest BCUT2D eigenvalue weighted by molar-refractivity contribution is 5.83. The van der Waals surface area contributed by atoms with Crippen LogP contribution in [0.4, 0.5) is 5.69 Å². The number of nitrogens with one attached hydrogen (secondary N) is 1. The second-order valence-electron chi connectivity index (χ2n) is 5.28. The minimum Gasteiger partial charge on any atom is -0.497 e. The van der Waals surface area contributed by atoms with E-state index < -0.39 is 0 Å². The highest BCUT2D eigenvalue weighted by Crippen LogP contribution is 2.20. The first kappa shape index (κ1) is 15.9. The molecule has 0 fully saturated rings. The summed E-state index contributed by atoms with van der Waals surface area (Å²) in [5.41, 5.74) is 8.51. The van der Waals surface area contributed by atoms with E-state index in [1.54, 1.807) is 7.11 Å². The van der Waals surface area contributed by atoms with Crippen molar-refractivity contribution in [2.45, 2.75) is 19.3 Å². The molecule has 22 heavy (non-hydrogen) atoms. The maximum absolute atomic E-state index is 12.2. The molecule has 0 aromatic heterocycles. The maximum Gasteiger partial charge on any atom is 0.227 e. The van der Waals surface area contributed by atoms with E-state index in [0.717, 1.165) is 29.0 Å². The van der Waals surface area contributed by atoms with Crippen LogP contribution < -0.4 is 15.8 Å². The molecule has 0 spiro atoms. The molecule has 0 aliphatic heterocycles. The molecule has 0 aliphatic carbocycles. The molecule has 4 nitrogen and oxygen atoms in total. The topological polar surface area (TPSA) is 64.3 Å². The first-order chi connectivity index (χ1) is 10.6. The molecule has 2 aromatic rings. The molecule has 116 valence electrons. The summed E-state index contributed by atoms with van der Waals surface area (Å²) in [7, 11) is 1.62. The van der Waals surface area contributed by atoms with Gasteiger partial charge in [-0.05, 0) is 48.7 Å². The molecule has 2 rings (SSSR count). The number of rotatable bonds is 6. The summed E-state index contributed by atoms with van der Waals surface area (Å²) in [6, 6.07) is 15.3. The quantitative estimate of drug-likeness (QED) is 0.806. The van der Waals surface area contributed by atoms with E-state index in [0.29, 0.717) is 6.54 Å². The van der Waals surface area contributed by atoms with Crippen molar-refractivity contribution in [3.05, 3.63) is 59.7 Å². The van der Waals surface area contributed by atoms with Crippen LogP contribution in [0.25, 0.3) is 0 Å². The van der Waals surface area contributed by atoms with Gasteiger partial charge >= 0.3 is 0 Å². The third-order valence-electron chi connectivity index (χ3n) is 3.68. The van der Waals surface area contributed by atoms with Gasteiger partial charge in [-0.3, -0.25) is 4.79 Å². The van der Waals surface area contributed by atoms with Gasteiger partial charge < -0.3 is 15.8 Å². The summed E-state index contributed by atoms with van der Waals surface area (Å²) in [5, 5.41) is 2.97. The van der Waals surface area contributed by atoms with E-state index >= 15 is 0 Å². The number of benzene rings is 2. The zero-order valence-electron chi connectivity index (χ0n) is 13.0. The second-order valence-corrected chi connectivity index (χ2v) is 5.28. The molecule has 0 aliphatic rings. The number of hydrogen-bond acceptors (Lipinski definition) is 3. The highest BCUT2D eigenvalue weighted by atomic mass is 16.5. The maximum atomic E-state index is 12.2. The fraction of sp³-hybridized carbons (Fsp3) is 0.278. The number of nitrogen functional groups attached to an aromatic ring is 1. The number of nitrogens with two attached hydrogens (primary N) is 1. The fourth-order valence-corrected chi connectivity index (χ4v) is 2.23. The number of anilines is 1. The highest BCUT2D eigenvalue weighted by Gasteiger charge is 2.15. The van der Waals surface area contributed by atoms with Crippen molar-refractivity contribution in [2.75, 3.05) is 19.4 Å². The number of carbonyl (C=O) groups is 1. The second kappa shape index (κ2) is 7.50. The van der Waals surface area contributed by atoms with Crippen molar-refractivity contribution in [1.29, 1.82) is 0 Å². The molecule has 0 bridgehead atoms. The number of methoxy groups -OCH3 is 1. The van der Waals surface area contributed by atoms with Gasteiger partial charge in [0.15, 0.2) is 0 Å². The Morgan fingerprint density at radius 3 is 2.64 bits per heavy atom. The lowest BCUT2D eigenvalue weighted by Crippen LogP contribution is -2.29. The monoisotopic (exact) mass is 298 g/mol. The van der Waals surface area contributed by atoms with Crippen LogP contribution in [-0.2, 0) is 11.2 Å². The van der Waals surface area contributed by atoms with E-state index in [1.807, 2.05) is 55.5 Å². The molecule has 0 radical (unpaired) electrons. The third-order valence-corrected chi connectivity index (χ3v) is 3.68. The summed E-state index contributed by atoms with van der Waals surface area (Å²) >= 11 is 0. The zero-order chi connectivity index (χ0) is 15.9. The number of hydrogen-bond donors (Lipinski definition) is 2. The predicted molar refractivity (Wildman–Crippen MR) is 89.0 cm³/mol. The molecule has 4 heteroatoms. The largest absolute Gasteiger partial charge is 0.497 e. The van der Waals surface area contributed by atoms with E-state index in [9.17, 15) is 4.79 Å². The minimum atomic E-state index is -0.207. The van der Waals surface area contributed by atoms with Crippen LogP contribution in [0, 0.1) is 0 Å². The number of carbonyl (C=O) groups excluding carboxylic acids is 1. The lowest BCUT2D eigenvalue weighted by Gasteiger charge is -2.13. The van der Waals surface area contributed by atoms with Gasteiger partial charge in [-0.25, -0.2) is 0 Å². The molecule has 1 atom stereocenters. The van der Waals surface area contributed by atoms with Crippen molar-refractivity contribution < 1.29 is 9.53 Å². The Hall–Kier alpha value is -2.49. The van der Waals surface area contributed by atoms with Crippen molar-refractivity contribution in [2.24, 2.45) is 0 Å². The zero-order valence-corrected chi connectivity index (χ0v) is 13.0. The minimum absolute atomic E-state index is 0.0173. The van der Waals surface area contributed by atoms with Crippen LogP contribution in [0.3, 0.4) is 0 Å². The number of amides is 1. The van der Waals surface area contributed by atoms with Crippen LogP contribution in [0.5, 0.6) is 5.75 Å². The van der Waals surface area contributed by atoms with Crippen LogP contribution in [0.2, 0.25) is 0 Å². The Morgan fingerprint density at radius 2 is 1.95 bits per heavy atom. The summed E-state index contributed by atoms with van der Waals surface area (Å²) in [5.74, 6) is 0.573. The molecule has 0 heterocycles. The van der Waals surface area contributed by atoms with Gasteiger partial charge in [0.05, 0.1) is 13.0 Å². The van der Waals surface area contributed by atoms with Crippen molar-refractivity contribution in [1.82, 2.24) is 5.32 Å². The summed E-state index contributed by atoms with van der Waals surface area (Å²) in [6.45, 7) is 2.50. The molecule has 0 saturated heterocycles. The molecule has 0 saturated carbocycles. The average molecular weight is 298 g/mol. The normalized spacial score (nSPS) is 11.7. The molecular weight excluding hydrogens is 276 g/mol. The Kier molecular flexibility index (Phi) is 5.42. The van der Waals surface area contributed by atoms with Crippen molar-refractivity contribution >= 4 is 11.6 Å². The van der Waals surface area contributed by atoms with E-state index in [-0.39, 0.29) is 11.8 Å². The summed E-state index contributed by atoms with van der Waals surface area (Å²) < 4.78 is 5.19. The van der Waals surface area contributed by atoms with Gasteiger partial charge in [-0.2, -0.15) is 0 Å². The van der Waals surface area contributed by atoms with Gasteiger partial charge in [-0.1, -0.05) is 24.3 Å². The Labute approximate surface area is 131 Å². The Bertz CT molecular complexity index is 623. The third kappa shape index (κ3) is 4.25. The number of ether oxygens (including phenoxy) is 1. The first-order valence-electron chi connectivity index (χ1n) is 7.36. The lowest BCUT2D eigenvalue weighted by molar-refractivity contribution is -0.122. The van der Waals surface area contributed by atoms with E-state index in [2.05, 4.69) is 5.32 Å². The fourth-order valence-electron chi connectivity index (χ4n) is 2.23. The van der Waals surface area contributed by atoms with Crippen LogP contribution in [-0.4, -0.2) is 19.6 Å². The summed E-state index contributed by atoms with van der Waals surface area (Å²) in [4.78, 5) is 12.2. The molecule has 1 amide bonds. The smallest absolute Gasteiger partial charge is 0.227 e. The van der Waals surface area contributed by atoms with Crippen LogP contribution in [0.1, 0.15) is 24.0 Å². The molecular formula is C18H22N2O2. The van der Waals surface area contributed by atoms with E-state index in [4.69, 9.17) is 10.5 Å². The summed E-state index contributed by atoms with van der Waals surface area (Å²) in [6.07, 6.45) is 0.789. The Balaban J connectivity index is 1.87. The van der Waals surface area contributed by atoms with Crippen molar-refractivity contribution in [3.8, 4) is 5.75 Å². The van der Waals surface area contributed by atoms with Crippen molar-refractivity contribution in [3.63, 3.8) is 0 Å². The molecule has 2 aromatic carbocycles. The SMILES string of the molecule is COc1cccc(C(C)C(=O)NCCc2ccc(N)cc2)c1. The predicted octanol–water partition coefficient (Wildman–Crippen LogP) is 2.74. The lowest BCUT2D eigenvalue weighted by atomic mass is 10.00. The van der Waals surface area contributed by atoms with E-state index in [1.165, 1.54) is 0 Å². The van der Waals surface area contributed by atoms with Crippen LogP contribution >= 0.6 is 0 Å². The van der Waals surface area contributed by atoms with Gasteiger partial charge in [0, 0.05) is 12.2 Å². The van der Waals surface area contributed by atoms with Crippen LogP contribution in [0.15, 0.2) is 48.5 Å². The first-order valence-corrected chi connectivity index (χ1v) is 7.36. The standard InChI is InChI=1S/C18H22N2O2/c1-13(15-4-3-5-17(12-15)22-2)18(21)20-11-10-14-6-8-16(19)9-7-14/h3-9,12-13H,10-11,19H2,1-2H3,(H,20,21). The molecule has 3 N–H and O–H groups in total. The van der Waals surface area contributed by atoms with Gasteiger partial charge in [0.1, 0.15) is 5.75 Å². The van der Waals surface area contributed by atoms with Gasteiger partial charge in [-0.15, -0.1) is 0 Å². The Morgan fingerprint density at radius 1 is 1.23 bits per heavy atom.